The molecule has 0 aliphatic carbocycles. The highest BCUT2D eigenvalue weighted by Gasteiger charge is 2.18. The number of unbranched alkanes of at least 4 members (excludes halogenated alkanes) is 1. The minimum atomic E-state index is -0.981. The van der Waals surface area contributed by atoms with Gasteiger partial charge in [0, 0.05) is 6.08 Å². The van der Waals surface area contributed by atoms with Gasteiger partial charge in [-0.1, -0.05) is 62.4 Å². The van der Waals surface area contributed by atoms with Crippen LogP contribution in [0.5, 0.6) is 0 Å². The van der Waals surface area contributed by atoms with Crippen LogP contribution in [0.15, 0.2) is 67.3 Å². The fourth-order valence-electron chi connectivity index (χ4n) is 2.03. The van der Waals surface area contributed by atoms with Crippen molar-refractivity contribution in [3.63, 3.8) is 0 Å². The highest BCUT2D eigenvalue weighted by molar-refractivity contribution is 6.03. The first kappa shape index (κ1) is 22.6. The molecule has 0 radical (unpaired) electrons. The summed E-state index contributed by atoms with van der Waals surface area (Å²) < 4.78 is 10.5. The van der Waals surface area contributed by atoms with Crippen molar-refractivity contribution in [2.24, 2.45) is 0 Å². The van der Waals surface area contributed by atoms with E-state index in [0.29, 0.717) is 6.61 Å². The van der Waals surface area contributed by atoms with Crippen LogP contribution < -0.4 is 0 Å². The third-order valence-corrected chi connectivity index (χ3v) is 3.49. The Labute approximate surface area is 164 Å². The Kier molecular flexibility index (Phi) is 10.4. The fourth-order valence-corrected chi connectivity index (χ4v) is 2.03. The first-order valence-corrected chi connectivity index (χ1v) is 8.82. The van der Waals surface area contributed by atoms with Crippen molar-refractivity contribution in [1.82, 2.24) is 0 Å². The lowest BCUT2D eigenvalue weighted by Crippen LogP contribution is -2.14. The molecule has 0 unspecified atom stereocenters. The third-order valence-electron chi connectivity index (χ3n) is 3.49. The van der Waals surface area contributed by atoms with Gasteiger partial charge in [0.1, 0.15) is 6.61 Å². The number of rotatable bonds is 8. The first-order chi connectivity index (χ1) is 13.5. The van der Waals surface area contributed by atoms with Crippen LogP contribution in [-0.4, -0.2) is 29.6 Å². The summed E-state index contributed by atoms with van der Waals surface area (Å²) in [6.07, 6.45) is 2.57. The van der Waals surface area contributed by atoms with Gasteiger partial charge >= 0.3 is 17.9 Å². The van der Waals surface area contributed by atoms with E-state index in [1.165, 1.54) is 0 Å². The number of hydrogen-bond acceptors (Lipinski definition) is 5. The van der Waals surface area contributed by atoms with E-state index in [-0.39, 0.29) is 17.7 Å². The molecule has 2 aromatic rings. The molecule has 0 spiro atoms. The summed E-state index contributed by atoms with van der Waals surface area (Å²) >= 11 is 0. The summed E-state index contributed by atoms with van der Waals surface area (Å²) in [5, 5.41) is 7.60. The van der Waals surface area contributed by atoms with Gasteiger partial charge in [-0.05, 0) is 24.1 Å². The molecule has 0 saturated carbocycles. The zero-order valence-electron chi connectivity index (χ0n) is 15.8. The second-order valence-electron chi connectivity index (χ2n) is 5.64. The van der Waals surface area contributed by atoms with Gasteiger partial charge in [0.2, 0.25) is 0 Å². The summed E-state index contributed by atoms with van der Waals surface area (Å²) in [6, 6.07) is 15.9. The molecular formula is C22H24O6. The molecule has 28 heavy (non-hydrogen) atoms. The highest BCUT2D eigenvalue weighted by Crippen LogP contribution is 2.13. The van der Waals surface area contributed by atoms with Crippen LogP contribution in [0, 0.1) is 0 Å². The fraction of sp³-hybridized carbons (Fsp3) is 0.227. The van der Waals surface area contributed by atoms with Crippen molar-refractivity contribution in [3.05, 3.63) is 83.9 Å². The third kappa shape index (κ3) is 8.31. The zero-order valence-corrected chi connectivity index (χ0v) is 15.8. The maximum atomic E-state index is 12.2. The molecular weight excluding hydrogens is 360 g/mol. The van der Waals surface area contributed by atoms with Crippen LogP contribution in [0.25, 0.3) is 0 Å². The predicted octanol–water partition coefficient (Wildman–Crippen LogP) is 4.26. The lowest BCUT2D eigenvalue weighted by Gasteiger charge is -2.09. The summed E-state index contributed by atoms with van der Waals surface area (Å²) in [4.78, 5) is 33.6. The van der Waals surface area contributed by atoms with E-state index in [0.717, 1.165) is 24.5 Å². The number of esters is 2. The van der Waals surface area contributed by atoms with Gasteiger partial charge in [-0.25, -0.2) is 14.4 Å². The Bertz CT molecular complexity index is 783. The number of benzene rings is 2. The molecule has 0 saturated heterocycles. The Morgan fingerprint density at radius 1 is 0.929 bits per heavy atom. The number of carboxylic acids is 1. The standard InChI is InChI=1S/C19H20O4.C3H4O2/c1-2-3-13-22-18(20)16-11-7-8-12-17(16)19(21)23-14-15-9-5-4-6-10-15;1-2-3(4)5/h4-12H,2-3,13-14H2,1H3;2H,1H2,(H,4,5). The smallest absolute Gasteiger partial charge is 0.339 e. The van der Waals surface area contributed by atoms with Gasteiger partial charge in [-0.15, -0.1) is 0 Å². The van der Waals surface area contributed by atoms with Crippen molar-refractivity contribution in [3.8, 4) is 0 Å². The molecule has 0 aromatic heterocycles. The number of carboxylic acid groups (broad SMARTS) is 1. The molecule has 0 aliphatic heterocycles. The molecule has 2 aromatic carbocycles. The van der Waals surface area contributed by atoms with E-state index < -0.39 is 17.9 Å². The van der Waals surface area contributed by atoms with Crippen molar-refractivity contribution in [1.29, 1.82) is 0 Å². The quantitative estimate of drug-likeness (QED) is 0.416. The SMILES string of the molecule is C=CC(=O)O.CCCCOC(=O)c1ccccc1C(=O)OCc1ccccc1. The maximum absolute atomic E-state index is 12.2. The summed E-state index contributed by atoms with van der Waals surface area (Å²) in [6.45, 7) is 5.49. The van der Waals surface area contributed by atoms with E-state index in [4.69, 9.17) is 14.6 Å². The molecule has 148 valence electrons. The van der Waals surface area contributed by atoms with Gasteiger partial charge in [-0.2, -0.15) is 0 Å². The van der Waals surface area contributed by atoms with Gasteiger partial charge in [-0.3, -0.25) is 0 Å². The second kappa shape index (κ2) is 12.9. The Morgan fingerprint density at radius 2 is 1.43 bits per heavy atom. The number of carbonyl (C=O) groups excluding carboxylic acids is 2. The molecule has 0 heterocycles. The summed E-state index contributed by atoms with van der Waals surface area (Å²) in [5.74, 6) is -2.01. The van der Waals surface area contributed by atoms with E-state index in [1.54, 1.807) is 24.3 Å². The molecule has 6 nitrogen and oxygen atoms in total. The molecule has 2 rings (SSSR count). The van der Waals surface area contributed by atoms with Crippen LogP contribution in [0.4, 0.5) is 0 Å². The van der Waals surface area contributed by atoms with Crippen molar-refractivity contribution >= 4 is 17.9 Å². The maximum Gasteiger partial charge on any atom is 0.339 e. The molecule has 0 aliphatic rings. The van der Waals surface area contributed by atoms with Crippen molar-refractivity contribution in [2.75, 3.05) is 6.61 Å². The summed E-state index contributed by atoms with van der Waals surface area (Å²) in [5.41, 5.74) is 1.36. The normalized spacial score (nSPS) is 9.46. The van der Waals surface area contributed by atoms with E-state index in [9.17, 15) is 14.4 Å². The zero-order chi connectivity index (χ0) is 20.8. The van der Waals surface area contributed by atoms with Crippen LogP contribution in [0.2, 0.25) is 0 Å². The molecule has 0 bridgehead atoms. The Balaban J connectivity index is 0.000000696. The Hall–Kier alpha value is -3.41. The number of hydrogen-bond donors (Lipinski definition) is 1. The lowest BCUT2D eigenvalue weighted by molar-refractivity contribution is -0.131. The summed E-state index contributed by atoms with van der Waals surface area (Å²) in [7, 11) is 0. The van der Waals surface area contributed by atoms with Crippen LogP contribution in [0.1, 0.15) is 46.0 Å². The Morgan fingerprint density at radius 3 is 1.93 bits per heavy atom. The largest absolute Gasteiger partial charge is 0.478 e. The van der Waals surface area contributed by atoms with Crippen LogP contribution in [0.3, 0.4) is 0 Å². The number of aliphatic carboxylic acids is 1. The van der Waals surface area contributed by atoms with Crippen molar-refractivity contribution in [2.45, 2.75) is 26.4 Å². The second-order valence-corrected chi connectivity index (χ2v) is 5.64. The van der Waals surface area contributed by atoms with Gasteiger partial charge < -0.3 is 14.6 Å². The van der Waals surface area contributed by atoms with E-state index in [1.807, 2.05) is 37.3 Å². The van der Waals surface area contributed by atoms with E-state index >= 15 is 0 Å². The predicted molar refractivity (Wildman–Crippen MR) is 105 cm³/mol. The topological polar surface area (TPSA) is 89.9 Å². The average Bonchev–Trinajstić information content (AvgIpc) is 2.73. The molecule has 0 atom stereocenters. The van der Waals surface area contributed by atoms with Gasteiger partial charge in [0.25, 0.3) is 0 Å². The van der Waals surface area contributed by atoms with Crippen LogP contribution >= 0.6 is 0 Å². The molecule has 0 amide bonds. The molecule has 1 N–H and O–H groups in total. The number of carbonyl (C=O) groups is 3. The minimum Gasteiger partial charge on any atom is -0.478 e. The molecule has 0 fully saturated rings. The van der Waals surface area contributed by atoms with Crippen molar-refractivity contribution < 1.29 is 29.0 Å². The van der Waals surface area contributed by atoms with Gasteiger partial charge in [0.05, 0.1) is 17.7 Å². The lowest BCUT2D eigenvalue weighted by atomic mass is 10.1. The molecule has 6 heteroatoms. The monoisotopic (exact) mass is 384 g/mol. The average molecular weight is 384 g/mol. The minimum absolute atomic E-state index is 0.166. The highest BCUT2D eigenvalue weighted by atomic mass is 16.5. The first-order valence-electron chi connectivity index (χ1n) is 8.82. The van der Waals surface area contributed by atoms with E-state index in [2.05, 4.69) is 6.58 Å². The van der Waals surface area contributed by atoms with Crippen LogP contribution in [-0.2, 0) is 20.9 Å². The number of ether oxygens (including phenoxy) is 2. The van der Waals surface area contributed by atoms with Gasteiger partial charge in [0.15, 0.2) is 0 Å².